The summed E-state index contributed by atoms with van der Waals surface area (Å²) in [6, 6.07) is 12.5. The van der Waals surface area contributed by atoms with Crippen molar-refractivity contribution in [2.45, 2.75) is 13.8 Å². The van der Waals surface area contributed by atoms with E-state index in [0.29, 0.717) is 16.3 Å². The number of nitrogens with zero attached hydrogens (tertiary/aromatic N) is 1. The van der Waals surface area contributed by atoms with Crippen LogP contribution in [0.25, 0.3) is 6.08 Å². The lowest BCUT2D eigenvalue weighted by Crippen LogP contribution is -2.36. The molecule has 138 valence electrons. The lowest BCUT2D eigenvalue weighted by atomic mass is 10.1. The smallest absolute Gasteiger partial charge is 0.294 e. The number of nitrogens with one attached hydrogen (secondary N) is 1. The zero-order valence-electron chi connectivity index (χ0n) is 14.8. The van der Waals surface area contributed by atoms with Gasteiger partial charge < -0.3 is 5.32 Å². The molecule has 0 spiro atoms. The summed E-state index contributed by atoms with van der Waals surface area (Å²) in [6.07, 6.45) is 1.60. The van der Waals surface area contributed by atoms with E-state index in [0.717, 1.165) is 27.8 Å². The minimum atomic E-state index is -0.486. The predicted octanol–water partition coefficient (Wildman–Crippen LogP) is 4.63. The quantitative estimate of drug-likeness (QED) is 0.759. The second-order valence-corrected chi connectivity index (χ2v) is 7.60. The van der Waals surface area contributed by atoms with Gasteiger partial charge in [-0.2, -0.15) is 0 Å². The molecule has 0 unspecified atom stereocenters. The van der Waals surface area contributed by atoms with Gasteiger partial charge in [-0.3, -0.25) is 19.3 Å². The zero-order valence-corrected chi connectivity index (χ0v) is 16.4. The Kier molecular flexibility index (Phi) is 5.68. The Labute approximate surface area is 166 Å². The van der Waals surface area contributed by atoms with Crippen LogP contribution >= 0.6 is 23.4 Å². The fourth-order valence-corrected chi connectivity index (χ4v) is 3.58. The monoisotopic (exact) mass is 400 g/mol. The van der Waals surface area contributed by atoms with Gasteiger partial charge >= 0.3 is 0 Å². The van der Waals surface area contributed by atoms with Crippen LogP contribution in [0.2, 0.25) is 5.02 Å². The van der Waals surface area contributed by atoms with E-state index in [-0.39, 0.29) is 11.4 Å². The molecule has 7 heteroatoms. The minimum absolute atomic E-state index is 0.265. The molecule has 1 N–H and O–H groups in total. The molecule has 0 radical (unpaired) electrons. The number of halogens is 1. The van der Waals surface area contributed by atoms with Gasteiger partial charge in [-0.1, -0.05) is 29.8 Å². The molecule has 3 rings (SSSR count). The second-order valence-electron chi connectivity index (χ2n) is 6.17. The van der Waals surface area contributed by atoms with E-state index in [1.54, 1.807) is 36.4 Å². The molecule has 5 nitrogen and oxygen atoms in total. The number of thioether (sulfide) groups is 1. The molecule has 1 aliphatic rings. The summed E-state index contributed by atoms with van der Waals surface area (Å²) in [6.45, 7) is 3.60. The van der Waals surface area contributed by atoms with E-state index < -0.39 is 17.1 Å². The molecule has 0 atom stereocenters. The number of amides is 3. The van der Waals surface area contributed by atoms with Crippen molar-refractivity contribution in [1.29, 1.82) is 0 Å². The van der Waals surface area contributed by atoms with Crippen LogP contribution < -0.4 is 5.32 Å². The Morgan fingerprint density at radius 3 is 2.63 bits per heavy atom. The predicted molar refractivity (Wildman–Crippen MR) is 109 cm³/mol. The molecule has 1 fully saturated rings. The van der Waals surface area contributed by atoms with Crippen LogP contribution in [-0.2, 0) is 9.59 Å². The number of rotatable bonds is 4. The third-order valence-corrected chi connectivity index (χ3v) is 5.25. The average Bonchev–Trinajstić information content (AvgIpc) is 2.86. The maximum absolute atomic E-state index is 12.5. The normalized spacial score (nSPS) is 15.5. The lowest BCUT2D eigenvalue weighted by molar-refractivity contribution is -0.127. The van der Waals surface area contributed by atoms with E-state index in [9.17, 15) is 14.4 Å². The maximum Gasteiger partial charge on any atom is 0.294 e. The molecule has 0 bridgehead atoms. The van der Waals surface area contributed by atoms with Crippen molar-refractivity contribution in [2.24, 2.45) is 0 Å². The highest BCUT2D eigenvalue weighted by Gasteiger charge is 2.36. The molecular weight excluding hydrogens is 384 g/mol. The van der Waals surface area contributed by atoms with Gasteiger partial charge in [-0.25, -0.2) is 0 Å². The third-order valence-electron chi connectivity index (χ3n) is 4.11. The van der Waals surface area contributed by atoms with Gasteiger partial charge in [0.2, 0.25) is 5.91 Å². The lowest BCUT2D eigenvalue weighted by Gasteiger charge is -2.13. The topological polar surface area (TPSA) is 66.5 Å². The Hall–Kier alpha value is -2.57. The number of hydrogen-bond donors (Lipinski definition) is 1. The van der Waals surface area contributed by atoms with E-state index in [1.165, 1.54) is 0 Å². The van der Waals surface area contributed by atoms with Crippen molar-refractivity contribution in [3.8, 4) is 0 Å². The molecule has 0 aliphatic carbocycles. The first kappa shape index (κ1) is 19.2. The van der Waals surface area contributed by atoms with Crippen LogP contribution in [0.3, 0.4) is 0 Å². The number of carbonyl (C=O) groups excluding carboxylic acids is 3. The molecule has 2 aromatic carbocycles. The maximum atomic E-state index is 12.5. The highest BCUT2D eigenvalue weighted by atomic mass is 35.5. The number of hydrogen-bond acceptors (Lipinski definition) is 4. The largest absolute Gasteiger partial charge is 0.325 e. The summed E-state index contributed by atoms with van der Waals surface area (Å²) in [5.41, 5.74) is 3.51. The van der Waals surface area contributed by atoms with Gasteiger partial charge in [0.1, 0.15) is 6.54 Å². The third kappa shape index (κ3) is 4.59. The van der Waals surface area contributed by atoms with Gasteiger partial charge in [0, 0.05) is 10.7 Å². The summed E-state index contributed by atoms with van der Waals surface area (Å²) in [7, 11) is 0. The molecule has 1 heterocycles. The van der Waals surface area contributed by atoms with Gasteiger partial charge in [-0.05, 0) is 72.6 Å². The van der Waals surface area contributed by atoms with Crippen molar-refractivity contribution in [3.63, 3.8) is 0 Å². The van der Waals surface area contributed by atoms with Crippen LogP contribution in [-0.4, -0.2) is 28.5 Å². The minimum Gasteiger partial charge on any atom is -0.325 e. The molecule has 0 saturated carbocycles. The zero-order chi connectivity index (χ0) is 19.6. The molecule has 1 aliphatic heterocycles. The van der Waals surface area contributed by atoms with Gasteiger partial charge in [-0.15, -0.1) is 0 Å². The van der Waals surface area contributed by atoms with E-state index in [2.05, 4.69) is 5.32 Å². The Morgan fingerprint density at radius 1 is 1.15 bits per heavy atom. The van der Waals surface area contributed by atoms with Gasteiger partial charge in [0.15, 0.2) is 0 Å². The van der Waals surface area contributed by atoms with Crippen LogP contribution in [0.1, 0.15) is 16.7 Å². The summed E-state index contributed by atoms with van der Waals surface area (Å²) in [5.74, 6) is -0.912. The molecule has 1 saturated heterocycles. The fraction of sp³-hybridized carbons (Fsp3) is 0.150. The number of aryl methyl sites for hydroxylation is 2. The standard InChI is InChI=1S/C20H17ClN2O3S/c1-12-6-7-16(8-13(12)2)22-18(24)11-23-19(25)17(27-20(23)26)10-14-4-3-5-15(21)9-14/h3-10H,11H2,1-2H3,(H,22,24)/b17-10-. The molecule has 3 amide bonds. The first-order valence-electron chi connectivity index (χ1n) is 8.21. The number of anilines is 1. The Balaban J connectivity index is 1.69. The molecular formula is C20H17ClN2O3S. The van der Waals surface area contributed by atoms with Crippen molar-refractivity contribution < 1.29 is 14.4 Å². The van der Waals surface area contributed by atoms with Crippen molar-refractivity contribution in [2.75, 3.05) is 11.9 Å². The summed E-state index contributed by atoms with van der Waals surface area (Å²) < 4.78 is 0. The highest BCUT2D eigenvalue weighted by molar-refractivity contribution is 8.18. The van der Waals surface area contributed by atoms with Gasteiger partial charge in [0.05, 0.1) is 4.91 Å². The molecule has 2 aromatic rings. The SMILES string of the molecule is Cc1ccc(NC(=O)CN2C(=O)S/C(=C\c3cccc(Cl)c3)C2=O)cc1C. The van der Waals surface area contributed by atoms with Crippen LogP contribution in [0.5, 0.6) is 0 Å². The first-order valence-corrected chi connectivity index (χ1v) is 9.41. The summed E-state index contributed by atoms with van der Waals surface area (Å²) >= 11 is 6.75. The van der Waals surface area contributed by atoms with Gasteiger partial charge in [0.25, 0.3) is 11.1 Å². The van der Waals surface area contributed by atoms with Crippen LogP contribution in [0.15, 0.2) is 47.4 Å². The second kappa shape index (κ2) is 7.98. The van der Waals surface area contributed by atoms with E-state index in [1.807, 2.05) is 26.0 Å². The summed E-state index contributed by atoms with van der Waals surface area (Å²) in [4.78, 5) is 38.1. The number of benzene rings is 2. The highest BCUT2D eigenvalue weighted by Crippen LogP contribution is 2.32. The Bertz CT molecular complexity index is 971. The number of carbonyl (C=O) groups is 3. The van der Waals surface area contributed by atoms with Crippen LogP contribution in [0, 0.1) is 13.8 Å². The molecule has 0 aromatic heterocycles. The van der Waals surface area contributed by atoms with Crippen molar-refractivity contribution in [3.05, 3.63) is 69.1 Å². The fourth-order valence-electron chi connectivity index (χ4n) is 2.55. The van der Waals surface area contributed by atoms with Crippen LogP contribution in [0.4, 0.5) is 10.5 Å². The van der Waals surface area contributed by atoms with Crippen molar-refractivity contribution >= 4 is 52.2 Å². The van der Waals surface area contributed by atoms with E-state index >= 15 is 0 Å². The summed E-state index contributed by atoms with van der Waals surface area (Å²) in [5, 5.41) is 2.79. The number of imide groups is 1. The average molecular weight is 401 g/mol. The van der Waals surface area contributed by atoms with E-state index in [4.69, 9.17) is 11.6 Å². The van der Waals surface area contributed by atoms with Crippen molar-refractivity contribution in [1.82, 2.24) is 4.90 Å². The first-order chi connectivity index (χ1) is 12.8. The molecule has 27 heavy (non-hydrogen) atoms. The Morgan fingerprint density at radius 2 is 1.93 bits per heavy atom.